The number of esters is 1. The minimum Gasteiger partial charge on any atom is -0.462 e. The molecule has 0 aliphatic rings. The Hall–Kier alpha value is -2.62. The first kappa shape index (κ1) is 17.7. The summed E-state index contributed by atoms with van der Waals surface area (Å²) in [5.41, 5.74) is -0.0880. The monoisotopic (exact) mass is 351 g/mol. The predicted molar refractivity (Wildman–Crippen MR) is 87.3 cm³/mol. The van der Waals surface area contributed by atoms with Gasteiger partial charge in [-0.3, -0.25) is 10.1 Å². The third kappa shape index (κ3) is 3.82. The molecule has 0 aliphatic carbocycles. The van der Waals surface area contributed by atoms with Crippen molar-refractivity contribution in [3.05, 3.63) is 39.7 Å². The van der Waals surface area contributed by atoms with Crippen LogP contribution in [0, 0.1) is 10.1 Å². The van der Waals surface area contributed by atoms with Crippen LogP contribution in [0.2, 0.25) is 0 Å². The molecule has 0 amide bonds. The molecule has 2 rings (SSSR count). The van der Waals surface area contributed by atoms with Gasteiger partial charge in [0.1, 0.15) is 0 Å². The van der Waals surface area contributed by atoms with Gasteiger partial charge in [0.2, 0.25) is 5.16 Å². The number of nitro benzene ring substituents is 1. The Morgan fingerprint density at radius 3 is 2.75 bits per heavy atom. The number of carbonyl (C=O) groups is 1. The Morgan fingerprint density at radius 1 is 1.42 bits per heavy atom. The molecule has 2 N–H and O–H groups in total. The number of hydrogen-bond acceptors (Lipinski definition) is 8. The molecule has 0 radical (unpaired) electrons. The maximum Gasteiger partial charge on any atom is 0.339 e. The van der Waals surface area contributed by atoms with Gasteiger partial charge in [-0.1, -0.05) is 13.8 Å². The topological polar surface area (TPSA) is 126 Å². The lowest BCUT2D eigenvalue weighted by atomic mass is 10.2. The smallest absolute Gasteiger partial charge is 0.339 e. The molecule has 0 bridgehead atoms. The van der Waals surface area contributed by atoms with E-state index < -0.39 is 10.9 Å². The molecule has 128 valence electrons. The van der Waals surface area contributed by atoms with Crippen molar-refractivity contribution in [3.63, 3.8) is 0 Å². The first-order valence-corrected chi connectivity index (χ1v) is 8.12. The molecule has 2 aromatic rings. The molecule has 0 saturated heterocycles. The van der Waals surface area contributed by atoms with Gasteiger partial charge in [0.25, 0.3) is 5.69 Å². The minimum absolute atomic E-state index is 0.101. The largest absolute Gasteiger partial charge is 0.462 e. The van der Waals surface area contributed by atoms with Crippen molar-refractivity contribution >= 4 is 23.4 Å². The summed E-state index contributed by atoms with van der Waals surface area (Å²) in [5.74, 6) is 5.86. The van der Waals surface area contributed by atoms with E-state index >= 15 is 0 Å². The molecule has 0 atom stereocenters. The molecular formula is C14H17N5O4S. The first-order valence-electron chi connectivity index (χ1n) is 7.30. The number of nitro groups is 1. The molecule has 24 heavy (non-hydrogen) atoms. The average Bonchev–Trinajstić information content (AvgIpc) is 2.92. The van der Waals surface area contributed by atoms with Crippen LogP contribution >= 0.6 is 11.8 Å². The van der Waals surface area contributed by atoms with Gasteiger partial charge in [-0.05, 0) is 24.2 Å². The average molecular weight is 351 g/mol. The first-order chi connectivity index (χ1) is 11.5. The summed E-state index contributed by atoms with van der Waals surface area (Å²) < 4.78 is 6.42. The maximum atomic E-state index is 12.2. The molecule has 1 aromatic carbocycles. The standard InChI is InChI=1S/C14H17N5O4S/c1-3-7-23-13(20)10-8-9(19(21)22)5-6-11(10)24-14-17-16-12(4-2)18(14)15/h5-6,8H,3-4,7,15H2,1-2H3. The van der Waals surface area contributed by atoms with E-state index in [2.05, 4.69) is 10.2 Å². The summed E-state index contributed by atoms with van der Waals surface area (Å²) in [7, 11) is 0. The number of benzene rings is 1. The maximum absolute atomic E-state index is 12.2. The molecule has 1 heterocycles. The molecular weight excluding hydrogens is 334 g/mol. The zero-order chi connectivity index (χ0) is 17.7. The quantitative estimate of drug-likeness (QED) is 0.348. The number of nitrogen functional groups attached to an aromatic ring is 1. The van der Waals surface area contributed by atoms with Gasteiger partial charge in [0.05, 0.1) is 17.1 Å². The van der Waals surface area contributed by atoms with E-state index in [9.17, 15) is 14.9 Å². The van der Waals surface area contributed by atoms with Crippen molar-refractivity contribution in [1.82, 2.24) is 14.9 Å². The molecule has 0 saturated carbocycles. The van der Waals surface area contributed by atoms with Crippen molar-refractivity contribution < 1.29 is 14.5 Å². The van der Waals surface area contributed by atoms with Gasteiger partial charge in [-0.25, -0.2) is 9.47 Å². The van der Waals surface area contributed by atoms with Crippen molar-refractivity contribution in [3.8, 4) is 0 Å². The van der Waals surface area contributed by atoms with Gasteiger partial charge in [-0.15, -0.1) is 10.2 Å². The number of ether oxygens (including phenoxy) is 1. The number of carbonyl (C=O) groups excluding carboxylic acids is 1. The summed E-state index contributed by atoms with van der Waals surface area (Å²) >= 11 is 1.10. The van der Waals surface area contributed by atoms with Gasteiger partial charge < -0.3 is 10.6 Å². The molecule has 10 heteroatoms. The predicted octanol–water partition coefficient (Wildman–Crippen LogP) is 2.18. The van der Waals surface area contributed by atoms with Gasteiger partial charge >= 0.3 is 5.97 Å². The van der Waals surface area contributed by atoms with Gasteiger partial charge in [-0.2, -0.15) is 0 Å². The van der Waals surface area contributed by atoms with Crippen LogP contribution in [0.1, 0.15) is 36.5 Å². The fourth-order valence-electron chi connectivity index (χ4n) is 1.87. The molecule has 9 nitrogen and oxygen atoms in total. The second-order valence-corrected chi connectivity index (χ2v) is 5.81. The van der Waals surface area contributed by atoms with Crippen LogP contribution < -0.4 is 5.84 Å². The van der Waals surface area contributed by atoms with Crippen LogP contribution in [0.25, 0.3) is 0 Å². The van der Waals surface area contributed by atoms with Gasteiger partial charge in [0.15, 0.2) is 5.82 Å². The number of hydrogen-bond donors (Lipinski definition) is 1. The summed E-state index contributed by atoms with van der Waals surface area (Å²) in [4.78, 5) is 23.1. The van der Waals surface area contributed by atoms with E-state index in [1.165, 1.54) is 22.9 Å². The number of aromatic nitrogens is 3. The van der Waals surface area contributed by atoms with Crippen molar-refractivity contribution in [1.29, 1.82) is 0 Å². The molecule has 0 spiro atoms. The van der Waals surface area contributed by atoms with E-state index in [0.717, 1.165) is 11.8 Å². The van der Waals surface area contributed by atoms with E-state index in [1.807, 2.05) is 13.8 Å². The Labute approximate surface area is 142 Å². The summed E-state index contributed by atoms with van der Waals surface area (Å²) in [6, 6.07) is 3.99. The van der Waals surface area contributed by atoms with Crippen molar-refractivity contribution in [2.45, 2.75) is 36.7 Å². The summed E-state index contributed by atoms with van der Waals surface area (Å²) in [6.07, 6.45) is 1.26. The summed E-state index contributed by atoms with van der Waals surface area (Å²) in [6.45, 7) is 3.99. The minimum atomic E-state index is -0.623. The number of nitrogens with zero attached hydrogens (tertiary/aromatic N) is 4. The lowest BCUT2D eigenvalue weighted by molar-refractivity contribution is -0.384. The number of aryl methyl sites for hydroxylation is 1. The Bertz CT molecular complexity index is 762. The van der Waals surface area contributed by atoms with Crippen molar-refractivity contribution in [2.75, 3.05) is 12.4 Å². The van der Waals surface area contributed by atoms with E-state index in [1.54, 1.807) is 0 Å². The highest BCUT2D eigenvalue weighted by atomic mass is 32.2. The SMILES string of the molecule is CCCOC(=O)c1cc([N+](=O)[O-])ccc1Sc1nnc(CC)n1N. The van der Waals surface area contributed by atoms with Crippen LogP contribution in [0.4, 0.5) is 5.69 Å². The van der Waals surface area contributed by atoms with Gasteiger partial charge in [0, 0.05) is 23.4 Å². The lowest BCUT2D eigenvalue weighted by Crippen LogP contribution is -2.13. The number of non-ortho nitro benzene ring substituents is 1. The molecule has 0 aliphatic heterocycles. The highest BCUT2D eigenvalue weighted by Gasteiger charge is 2.20. The fourth-order valence-corrected chi connectivity index (χ4v) is 2.74. The summed E-state index contributed by atoms with van der Waals surface area (Å²) in [5, 5.41) is 19.2. The van der Waals surface area contributed by atoms with Crippen LogP contribution in [-0.4, -0.2) is 32.4 Å². The third-order valence-corrected chi connectivity index (χ3v) is 4.12. The Kier molecular flexibility index (Phi) is 5.74. The fraction of sp³-hybridized carbons (Fsp3) is 0.357. The Balaban J connectivity index is 2.38. The van der Waals surface area contributed by atoms with Crippen LogP contribution in [-0.2, 0) is 11.2 Å². The normalized spacial score (nSPS) is 10.6. The number of rotatable bonds is 7. The van der Waals surface area contributed by atoms with Crippen LogP contribution in [0.15, 0.2) is 28.3 Å². The highest BCUT2D eigenvalue weighted by molar-refractivity contribution is 7.99. The van der Waals surface area contributed by atoms with Crippen LogP contribution in [0.5, 0.6) is 0 Å². The van der Waals surface area contributed by atoms with Crippen LogP contribution in [0.3, 0.4) is 0 Å². The zero-order valence-electron chi connectivity index (χ0n) is 13.3. The number of nitrogens with two attached hydrogens (primary N) is 1. The molecule has 1 aromatic heterocycles. The zero-order valence-corrected chi connectivity index (χ0v) is 14.1. The molecule has 0 unspecified atom stereocenters. The van der Waals surface area contributed by atoms with Crippen molar-refractivity contribution in [2.24, 2.45) is 0 Å². The lowest BCUT2D eigenvalue weighted by Gasteiger charge is -2.09. The second-order valence-electron chi connectivity index (χ2n) is 4.80. The third-order valence-electron chi connectivity index (χ3n) is 3.08. The Morgan fingerprint density at radius 2 is 2.17 bits per heavy atom. The molecule has 0 fully saturated rings. The highest BCUT2D eigenvalue weighted by Crippen LogP contribution is 2.31. The second kappa shape index (κ2) is 7.77. The van der Waals surface area contributed by atoms with E-state index in [4.69, 9.17) is 10.6 Å². The van der Waals surface area contributed by atoms with E-state index in [0.29, 0.717) is 28.7 Å². The van der Waals surface area contributed by atoms with E-state index in [-0.39, 0.29) is 17.9 Å².